The van der Waals surface area contributed by atoms with Crippen LogP contribution < -0.4 is 9.62 Å². The van der Waals surface area contributed by atoms with Crippen molar-refractivity contribution in [3.63, 3.8) is 0 Å². The van der Waals surface area contributed by atoms with Crippen LogP contribution in [0.15, 0.2) is 53.0 Å². The predicted octanol–water partition coefficient (Wildman–Crippen LogP) is 6.01. The van der Waals surface area contributed by atoms with Crippen molar-refractivity contribution < 1.29 is 18.0 Å². The van der Waals surface area contributed by atoms with Crippen molar-refractivity contribution >= 4 is 43.5 Å². The highest BCUT2D eigenvalue weighted by molar-refractivity contribution is 9.10. The lowest BCUT2D eigenvalue weighted by Crippen LogP contribution is -2.54. The minimum atomic E-state index is -3.78. The van der Waals surface area contributed by atoms with E-state index in [1.807, 2.05) is 57.2 Å². The fourth-order valence-corrected chi connectivity index (χ4v) is 9.24. The van der Waals surface area contributed by atoms with Crippen molar-refractivity contribution in [3.05, 3.63) is 64.1 Å². The standard InChI is InChI=1S/C33H44BrN3O4S/c1-22(31(39)35-32(2,3)4)36(20-23-7-6-8-28(34)16-23)30(38)21-37(42(5,40)41)29-11-9-27(10-12-29)33-17-24-13-25(18-33)15-26(14-24)19-33/h6-12,16,22,24-26H,13-15,17-21H2,1-5H3,(H,35,39)/t22-,24?,25?,26?,33?/m0/s1. The summed E-state index contributed by atoms with van der Waals surface area (Å²) in [5.74, 6) is 1.71. The van der Waals surface area contributed by atoms with Gasteiger partial charge in [0.15, 0.2) is 0 Å². The maximum atomic E-state index is 13.9. The smallest absolute Gasteiger partial charge is 0.244 e. The van der Waals surface area contributed by atoms with E-state index in [2.05, 4.69) is 33.4 Å². The second kappa shape index (κ2) is 11.6. The Morgan fingerprint density at radius 3 is 2.07 bits per heavy atom. The summed E-state index contributed by atoms with van der Waals surface area (Å²) in [6.45, 7) is 7.11. The molecule has 7 nitrogen and oxygen atoms in total. The number of benzene rings is 2. The van der Waals surface area contributed by atoms with Crippen molar-refractivity contribution in [1.29, 1.82) is 0 Å². The van der Waals surface area contributed by atoms with Gasteiger partial charge in [-0.05, 0) is 125 Å². The molecule has 0 radical (unpaired) electrons. The quantitative estimate of drug-likeness (QED) is 0.358. The van der Waals surface area contributed by atoms with Crippen LogP contribution >= 0.6 is 15.9 Å². The zero-order chi connectivity index (χ0) is 30.4. The molecule has 0 unspecified atom stereocenters. The normalized spacial score (nSPS) is 25.6. The van der Waals surface area contributed by atoms with Crippen LogP contribution in [0.25, 0.3) is 0 Å². The number of carbonyl (C=O) groups excluding carboxylic acids is 2. The molecule has 0 saturated heterocycles. The minimum Gasteiger partial charge on any atom is -0.350 e. The Morgan fingerprint density at radius 2 is 1.57 bits per heavy atom. The van der Waals surface area contributed by atoms with Crippen molar-refractivity contribution in [2.45, 2.75) is 89.8 Å². The van der Waals surface area contributed by atoms with Crippen LogP contribution in [0.4, 0.5) is 5.69 Å². The molecule has 2 aromatic carbocycles. The Labute approximate surface area is 259 Å². The first kappa shape index (κ1) is 31.0. The number of nitrogens with zero attached hydrogens (tertiary/aromatic N) is 2. The zero-order valence-electron chi connectivity index (χ0n) is 25.4. The molecule has 9 heteroatoms. The lowest BCUT2D eigenvalue weighted by atomic mass is 9.48. The van der Waals surface area contributed by atoms with Gasteiger partial charge in [0, 0.05) is 16.6 Å². The minimum absolute atomic E-state index is 0.166. The highest BCUT2D eigenvalue weighted by Crippen LogP contribution is 2.60. The zero-order valence-corrected chi connectivity index (χ0v) is 27.8. The molecule has 2 amide bonds. The second-order valence-corrected chi connectivity index (χ2v) is 16.9. The molecule has 1 atom stereocenters. The Hall–Kier alpha value is -2.39. The lowest BCUT2D eigenvalue weighted by molar-refractivity contribution is -0.140. The first-order valence-corrected chi connectivity index (χ1v) is 17.7. The van der Waals surface area contributed by atoms with E-state index >= 15 is 0 Å². The van der Waals surface area contributed by atoms with Crippen molar-refractivity contribution in [3.8, 4) is 0 Å². The Balaban J connectivity index is 1.39. The highest BCUT2D eigenvalue weighted by atomic mass is 79.9. The summed E-state index contributed by atoms with van der Waals surface area (Å²) >= 11 is 3.48. The van der Waals surface area contributed by atoms with Crippen LogP contribution in [0.3, 0.4) is 0 Å². The second-order valence-electron chi connectivity index (χ2n) is 14.1. The molecule has 228 valence electrons. The Morgan fingerprint density at radius 1 is 1.00 bits per heavy atom. The molecule has 42 heavy (non-hydrogen) atoms. The van der Waals surface area contributed by atoms with Gasteiger partial charge in [-0.2, -0.15) is 0 Å². The molecule has 4 aliphatic carbocycles. The maximum Gasteiger partial charge on any atom is 0.244 e. The predicted molar refractivity (Wildman–Crippen MR) is 171 cm³/mol. The Kier molecular flexibility index (Phi) is 8.58. The fourth-order valence-electron chi connectivity index (χ4n) is 7.95. The van der Waals surface area contributed by atoms with E-state index in [1.165, 1.54) is 53.3 Å². The van der Waals surface area contributed by atoms with Crippen LogP contribution in [-0.4, -0.2) is 49.5 Å². The summed E-state index contributed by atoms with van der Waals surface area (Å²) in [5, 5.41) is 2.95. The molecule has 4 fully saturated rings. The largest absolute Gasteiger partial charge is 0.350 e. The molecule has 0 spiro atoms. The van der Waals surface area contributed by atoms with Gasteiger partial charge in [-0.15, -0.1) is 0 Å². The maximum absolute atomic E-state index is 13.9. The van der Waals surface area contributed by atoms with E-state index in [4.69, 9.17) is 0 Å². The first-order chi connectivity index (χ1) is 19.6. The van der Waals surface area contributed by atoms with Crippen LogP contribution in [-0.2, 0) is 31.6 Å². The van der Waals surface area contributed by atoms with Crippen molar-refractivity contribution in [1.82, 2.24) is 10.2 Å². The molecule has 6 rings (SSSR count). The first-order valence-electron chi connectivity index (χ1n) is 15.1. The average Bonchev–Trinajstić information content (AvgIpc) is 2.87. The molecule has 1 N–H and O–H groups in total. The topological polar surface area (TPSA) is 86.8 Å². The molecular formula is C33H44BrN3O4S. The number of carbonyl (C=O) groups is 2. The molecule has 4 aliphatic rings. The summed E-state index contributed by atoms with van der Waals surface area (Å²) in [4.78, 5) is 28.5. The third kappa shape index (κ3) is 6.88. The number of rotatable bonds is 9. The summed E-state index contributed by atoms with van der Waals surface area (Å²) in [6, 6.07) is 14.6. The molecule has 0 heterocycles. The van der Waals surface area contributed by atoms with E-state index in [-0.39, 0.29) is 17.9 Å². The van der Waals surface area contributed by atoms with Gasteiger partial charge in [-0.3, -0.25) is 13.9 Å². The molecular weight excluding hydrogens is 614 g/mol. The molecule has 4 bridgehead atoms. The Bertz CT molecular complexity index is 1400. The van der Waals surface area contributed by atoms with Gasteiger partial charge < -0.3 is 10.2 Å². The number of anilines is 1. The number of sulfonamides is 1. The van der Waals surface area contributed by atoms with Gasteiger partial charge >= 0.3 is 0 Å². The van der Waals surface area contributed by atoms with Gasteiger partial charge in [0.1, 0.15) is 12.6 Å². The average molecular weight is 659 g/mol. The van der Waals surface area contributed by atoms with Crippen LogP contribution in [0.5, 0.6) is 0 Å². The summed E-state index contributed by atoms with van der Waals surface area (Å²) < 4.78 is 28.1. The number of nitrogens with one attached hydrogen (secondary N) is 1. The van der Waals surface area contributed by atoms with Gasteiger partial charge in [0.05, 0.1) is 11.9 Å². The summed E-state index contributed by atoms with van der Waals surface area (Å²) in [6.07, 6.45) is 8.91. The van der Waals surface area contributed by atoms with E-state index in [9.17, 15) is 18.0 Å². The molecule has 2 aromatic rings. The fraction of sp³-hybridized carbons (Fsp3) is 0.576. The van der Waals surface area contributed by atoms with E-state index in [0.717, 1.165) is 34.0 Å². The molecule has 0 aromatic heterocycles. The van der Waals surface area contributed by atoms with Crippen LogP contribution in [0, 0.1) is 17.8 Å². The number of amides is 2. The van der Waals surface area contributed by atoms with Gasteiger partial charge in [-0.25, -0.2) is 8.42 Å². The van der Waals surface area contributed by atoms with Crippen LogP contribution in [0.2, 0.25) is 0 Å². The summed E-state index contributed by atoms with van der Waals surface area (Å²) in [7, 11) is -3.78. The SMILES string of the molecule is C[C@@H](C(=O)NC(C)(C)C)N(Cc1cccc(Br)c1)C(=O)CN(c1ccc(C23CC4CC(CC(C4)C2)C3)cc1)S(C)(=O)=O. The van der Waals surface area contributed by atoms with Gasteiger partial charge in [-0.1, -0.05) is 40.2 Å². The molecule has 0 aliphatic heterocycles. The monoisotopic (exact) mass is 657 g/mol. The third-order valence-corrected chi connectivity index (χ3v) is 11.0. The van der Waals surface area contributed by atoms with Crippen LogP contribution in [0.1, 0.15) is 77.3 Å². The van der Waals surface area contributed by atoms with E-state index in [0.29, 0.717) is 5.69 Å². The number of halogens is 1. The van der Waals surface area contributed by atoms with E-state index < -0.39 is 34.1 Å². The number of hydrogen-bond acceptors (Lipinski definition) is 4. The van der Waals surface area contributed by atoms with E-state index in [1.54, 1.807) is 6.92 Å². The summed E-state index contributed by atoms with van der Waals surface area (Å²) in [5.41, 5.74) is 2.32. The van der Waals surface area contributed by atoms with Gasteiger partial charge in [0.25, 0.3) is 0 Å². The van der Waals surface area contributed by atoms with Crippen molar-refractivity contribution in [2.24, 2.45) is 17.8 Å². The molecule has 4 saturated carbocycles. The van der Waals surface area contributed by atoms with Crippen molar-refractivity contribution in [2.75, 3.05) is 17.1 Å². The highest BCUT2D eigenvalue weighted by Gasteiger charge is 2.51. The lowest BCUT2D eigenvalue weighted by Gasteiger charge is -2.57. The third-order valence-electron chi connectivity index (χ3n) is 9.39. The number of hydrogen-bond donors (Lipinski definition) is 1. The van der Waals surface area contributed by atoms with Gasteiger partial charge in [0.2, 0.25) is 21.8 Å².